The van der Waals surface area contributed by atoms with E-state index >= 15 is 0 Å². The summed E-state index contributed by atoms with van der Waals surface area (Å²) in [6, 6.07) is 10.0. The Bertz CT molecular complexity index is 780. The topological polar surface area (TPSA) is 40.6 Å². The molecule has 1 saturated carbocycles. The van der Waals surface area contributed by atoms with Crippen molar-refractivity contribution in [1.82, 2.24) is 9.80 Å². The first-order valence-corrected chi connectivity index (χ1v) is 13.5. The zero-order valence-corrected chi connectivity index (χ0v) is 20.4. The third-order valence-corrected chi connectivity index (χ3v) is 9.77. The maximum Gasteiger partial charge on any atom is 0.168 e. The van der Waals surface area contributed by atoms with Crippen LogP contribution in [0.5, 0.6) is 0 Å². The van der Waals surface area contributed by atoms with E-state index < -0.39 is 0 Å². The van der Waals surface area contributed by atoms with Crippen molar-refractivity contribution in [2.75, 3.05) is 26.2 Å². The van der Waals surface area contributed by atoms with Crippen LogP contribution in [0.4, 0.5) is 0 Å². The minimum atomic E-state index is 0.0198. The Morgan fingerprint density at radius 2 is 1.35 bits per heavy atom. The first-order chi connectivity index (χ1) is 15.1. The summed E-state index contributed by atoms with van der Waals surface area (Å²) < 4.78 is 0.987. The lowest BCUT2D eigenvalue weighted by Crippen LogP contribution is -2.55. The van der Waals surface area contributed by atoms with E-state index in [0.29, 0.717) is 29.2 Å². The van der Waals surface area contributed by atoms with E-state index in [9.17, 15) is 9.59 Å². The van der Waals surface area contributed by atoms with Crippen LogP contribution in [0.3, 0.4) is 0 Å². The average molecular weight is 459 g/mol. The number of piperazine rings is 1. The quantitative estimate of drug-likeness (QED) is 0.410. The summed E-state index contributed by atoms with van der Waals surface area (Å²) in [6.07, 6.45) is 5.68. The van der Waals surface area contributed by atoms with Crippen molar-refractivity contribution in [3.8, 4) is 0 Å². The van der Waals surface area contributed by atoms with Crippen LogP contribution in [0.1, 0.15) is 63.9 Å². The molecule has 6 heteroatoms. The molecule has 2 heterocycles. The molecule has 1 aromatic rings. The summed E-state index contributed by atoms with van der Waals surface area (Å²) in [5, 5.41) is 0.689. The van der Waals surface area contributed by atoms with Crippen molar-refractivity contribution in [2.24, 2.45) is 0 Å². The third kappa shape index (κ3) is 5.13. The molecule has 0 spiro atoms. The van der Waals surface area contributed by atoms with Crippen LogP contribution in [-0.4, -0.2) is 58.3 Å². The molecule has 0 radical (unpaired) electrons. The van der Waals surface area contributed by atoms with Crippen molar-refractivity contribution < 1.29 is 9.59 Å². The zero-order valence-electron chi connectivity index (χ0n) is 18.7. The van der Waals surface area contributed by atoms with Gasteiger partial charge in [-0.2, -0.15) is 0 Å². The van der Waals surface area contributed by atoms with Crippen molar-refractivity contribution in [3.63, 3.8) is 0 Å². The lowest BCUT2D eigenvalue weighted by molar-refractivity contribution is -0.124. The van der Waals surface area contributed by atoms with Gasteiger partial charge < -0.3 is 0 Å². The van der Waals surface area contributed by atoms with Gasteiger partial charge in [0.05, 0.1) is 20.6 Å². The highest BCUT2D eigenvalue weighted by Crippen LogP contribution is 2.53. The molecule has 3 fully saturated rings. The van der Waals surface area contributed by atoms with E-state index in [0.717, 1.165) is 36.0 Å². The maximum atomic E-state index is 13.2. The molecule has 1 aliphatic carbocycles. The number of Topliss-reactive ketones (excluding diaryl/α,β-unsaturated/α-hetero) is 2. The second-order valence-electron chi connectivity index (χ2n) is 8.82. The Morgan fingerprint density at radius 1 is 0.839 bits per heavy atom. The Hall–Kier alpha value is -1.08. The number of thioether (sulfide) groups is 2. The Balaban J connectivity index is 1.54. The molecule has 2 aliphatic heterocycles. The molecule has 1 aromatic carbocycles. The minimum Gasteiger partial charge on any atom is -0.294 e. The van der Waals surface area contributed by atoms with E-state index in [1.54, 1.807) is 23.5 Å². The summed E-state index contributed by atoms with van der Waals surface area (Å²) in [4.78, 5) is 31.5. The van der Waals surface area contributed by atoms with Crippen LogP contribution in [0, 0.1) is 0 Å². The Kier molecular flexibility index (Phi) is 7.96. The standard InChI is InChI=1S/C25H34N2O2S2/c1-3-5-12-26-14-15-27(13-6-4-2)24-23(26)30-25(31-24)22-20(28)16-19(17-21(22)29)18-10-8-7-9-11-18/h7-11,19,23-24H,3-6,12-17H2,1-2H3. The highest BCUT2D eigenvalue weighted by molar-refractivity contribution is 8.26. The molecule has 0 amide bonds. The molecule has 0 bridgehead atoms. The number of carbonyl (C=O) groups excluding carboxylic acids is 2. The van der Waals surface area contributed by atoms with Crippen LogP contribution in [-0.2, 0) is 9.59 Å². The number of allylic oxidation sites excluding steroid dienone is 1. The van der Waals surface area contributed by atoms with E-state index in [-0.39, 0.29) is 17.5 Å². The number of unbranched alkanes of at least 4 members (excludes halogenated alkanes) is 2. The highest BCUT2D eigenvalue weighted by Gasteiger charge is 2.46. The first-order valence-electron chi connectivity index (χ1n) is 11.8. The number of hydrogen-bond donors (Lipinski definition) is 0. The predicted octanol–water partition coefficient (Wildman–Crippen LogP) is 5.26. The van der Waals surface area contributed by atoms with Gasteiger partial charge >= 0.3 is 0 Å². The molecule has 2 atom stereocenters. The highest BCUT2D eigenvalue weighted by atomic mass is 32.2. The van der Waals surface area contributed by atoms with Crippen molar-refractivity contribution >= 4 is 35.1 Å². The first kappa shape index (κ1) is 23.1. The molecular formula is C25H34N2O2S2. The molecule has 4 rings (SSSR count). The van der Waals surface area contributed by atoms with Gasteiger partial charge in [0.15, 0.2) is 11.6 Å². The molecule has 3 aliphatic rings. The van der Waals surface area contributed by atoms with Crippen LogP contribution in [0.2, 0.25) is 0 Å². The van der Waals surface area contributed by atoms with Gasteiger partial charge in [0.25, 0.3) is 0 Å². The number of hydrogen-bond acceptors (Lipinski definition) is 6. The van der Waals surface area contributed by atoms with Crippen LogP contribution in [0.25, 0.3) is 0 Å². The van der Waals surface area contributed by atoms with E-state index in [4.69, 9.17) is 0 Å². The van der Waals surface area contributed by atoms with Crippen LogP contribution in [0.15, 0.2) is 40.1 Å². The fourth-order valence-corrected chi connectivity index (χ4v) is 8.34. The van der Waals surface area contributed by atoms with Gasteiger partial charge in [-0.05, 0) is 37.4 Å². The van der Waals surface area contributed by atoms with Gasteiger partial charge in [-0.3, -0.25) is 19.4 Å². The number of benzene rings is 1. The van der Waals surface area contributed by atoms with Gasteiger partial charge in [0.2, 0.25) is 0 Å². The molecule has 0 N–H and O–H groups in total. The lowest BCUT2D eigenvalue weighted by atomic mass is 9.80. The molecule has 2 saturated heterocycles. The summed E-state index contributed by atoms with van der Waals surface area (Å²) in [5.41, 5.74) is 1.60. The Morgan fingerprint density at radius 3 is 1.84 bits per heavy atom. The monoisotopic (exact) mass is 458 g/mol. The van der Waals surface area contributed by atoms with E-state index in [1.807, 2.05) is 30.3 Å². The molecule has 4 nitrogen and oxygen atoms in total. The lowest BCUT2D eigenvalue weighted by Gasteiger charge is -2.43. The van der Waals surface area contributed by atoms with Gasteiger partial charge in [0, 0.05) is 25.9 Å². The van der Waals surface area contributed by atoms with Crippen molar-refractivity contribution in [2.45, 2.75) is 69.0 Å². The number of rotatable bonds is 7. The zero-order chi connectivity index (χ0) is 21.8. The summed E-state index contributed by atoms with van der Waals surface area (Å²) >= 11 is 3.57. The van der Waals surface area contributed by atoms with Gasteiger partial charge in [-0.1, -0.05) is 80.5 Å². The Labute approximate surface area is 195 Å². The second-order valence-corrected chi connectivity index (χ2v) is 11.3. The summed E-state index contributed by atoms with van der Waals surface area (Å²) in [5.74, 6) is 0.101. The third-order valence-electron chi connectivity index (χ3n) is 6.59. The summed E-state index contributed by atoms with van der Waals surface area (Å²) in [7, 11) is 0. The maximum absolute atomic E-state index is 13.2. The molecule has 0 aromatic heterocycles. The number of ketones is 2. The fraction of sp³-hybridized carbons (Fsp3) is 0.600. The number of nitrogens with zero attached hydrogens (tertiary/aromatic N) is 2. The molecule has 168 valence electrons. The second kappa shape index (κ2) is 10.7. The van der Waals surface area contributed by atoms with Crippen LogP contribution >= 0.6 is 23.5 Å². The van der Waals surface area contributed by atoms with Gasteiger partial charge in [0.1, 0.15) is 0 Å². The predicted molar refractivity (Wildman–Crippen MR) is 131 cm³/mol. The summed E-state index contributed by atoms with van der Waals surface area (Å²) in [6.45, 7) is 8.85. The van der Waals surface area contributed by atoms with Crippen molar-refractivity contribution in [3.05, 3.63) is 45.7 Å². The van der Waals surface area contributed by atoms with E-state index in [2.05, 4.69) is 23.6 Å². The largest absolute Gasteiger partial charge is 0.294 e. The molecular weight excluding hydrogens is 424 g/mol. The van der Waals surface area contributed by atoms with Gasteiger partial charge in [-0.15, -0.1) is 0 Å². The van der Waals surface area contributed by atoms with Crippen LogP contribution < -0.4 is 0 Å². The van der Waals surface area contributed by atoms with Crippen molar-refractivity contribution in [1.29, 1.82) is 0 Å². The fourth-order valence-electron chi connectivity index (χ4n) is 4.77. The number of carbonyl (C=O) groups is 2. The van der Waals surface area contributed by atoms with E-state index in [1.165, 1.54) is 25.7 Å². The molecule has 31 heavy (non-hydrogen) atoms. The average Bonchev–Trinajstić information content (AvgIpc) is 3.22. The SMILES string of the molecule is CCCCN1CCN(CCCC)C2SC(=C3C(=O)CC(c4ccccc4)CC3=O)SC21. The normalized spacial score (nSPS) is 27.7. The molecule has 2 unspecified atom stereocenters. The van der Waals surface area contributed by atoms with Gasteiger partial charge in [-0.25, -0.2) is 0 Å². The number of fused-ring (bicyclic) bond motifs is 1. The minimum absolute atomic E-state index is 0.0198. The smallest absolute Gasteiger partial charge is 0.168 e.